The summed E-state index contributed by atoms with van der Waals surface area (Å²) in [5.41, 5.74) is 4.56. The first-order valence-electron chi connectivity index (χ1n) is 9.13. The first-order chi connectivity index (χ1) is 13.5. The predicted molar refractivity (Wildman–Crippen MR) is 112 cm³/mol. The van der Waals surface area contributed by atoms with Crippen molar-refractivity contribution in [2.75, 3.05) is 0 Å². The van der Waals surface area contributed by atoms with Crippen LogP contribution in [0.3, 0.4) is 0 Å². The molecule has 0 N–H and O–H groups in total. The molecule has 0 bridgehead atoms. The fraction of sp³-hybridized carbons (Fsp3) is 0.167. The Hall–Kier alpha value is -3.40. The summed E-state index contributed by atoms with van der Waals surface area (Å²) < 4.78 is 10.3. The van der Waals surface area contributed by atoms with Gasteiger partial charge < -0.3 is 9.47 Å². The van der Waals surface area contributed by atoms with E-state index in [2.05, 4.69) is 27.0 Å². The standard InChI is InChI=1S/C24H24O4/c1-5-21(17-9-13-19(14-10-17)27-23(25)7-3)22(6-2)18-11-15-20(16-12-18)28-24(26)8-4/h7-16H,3-6H2,1-2H3. The van der Waals surface area contributed by atoms with Gasteiger partial charge in [-0.1, -0.05) is 51.3 Å². The number of ether oxygens (including phenoxy) is 2. The Morgan fingerprint density at radius 2 is 1.04 bits per heavy atom. The maximum absolute atomic E-state index is 11.3. The van der Waals surface area contributed by atoms with Crippen molar-refractivity contribution < 1.29 is 19.1 Å². The molecule has 0 atom stereocenters. The van der Waals surface area contributed by atoms with E-state index >= 15 is 0 Å². The highest BCUT2D eigenvalue weighted by molar-refractivity contribution is 5.91. The molecule has 0 aromatic heterocycles. The van der Waals surface area contributed by atoms with Gasteiger partial charge in [0.2, 0.25) is 0 Å². The van der Waals surface area contributed by atoms with Crippen molar-refractivity contribution in [1.82, 2.24) is 0 Å². The minimum atomic E-state index is -0.481. The van der Waals surface area contributed by atoms with Crippen LogP contribution in [0, 0.1) is 0 Å². The summed E-state index contributed by atoms with van der Waals surface area (Å²) in [4.78, 5) is 22.6. The molecular formula is C24H24O4. The van der Waals surface area contributed by atoms with Crippen LogP contribution in [0.2, 0.25) is 0 Å². The molecule has 4 nitrogen and oxygen atoms in total. The van der Waals surface area contributed by atoms with Crippen LogP contribution in [-0.2, 0) is 9.59 Å². The average Bonchev–Trinajstić information content (AvgIpc) is 2.73. The summed E-state index contributed by atoms with van der Waals surface area (Å²) in [5.74, 6) is 0.00192. The van der Waals surface area contributed by atoms with Crippen LogP contribution < -0.4 is 9.47 Å². The Balaban J connectivity index is 2.33. The van der Waals surface area contributed by atoms with Gasteiger partial charge in [0.25, 0.3) is 0 Å². The Bertz CT molecular complexity index is 812. The number of carbonyl (C=O) groups excluding carboxylic acids is 2. The van der Waals surface area contributed by atoms with E-state index in [-0.39, 0.29) is 0 Å². The highest BCUT2D eigenvalue weighted by Gasteiger charge is 2.10. The number of esters is 2. The van der Waals surface area contributed by atoms with Crippen LogP contribution in [-0.4, -0.2) is 11.9 Å². The second kappa shape index (κ2) is 10.1. The maximum Gasteiger partial charge on any atom is 0.335 e. The summed E-state index contributed by atoms with van der Waals surface area (Å²) in [6, 6.07) is 14.9. The molecule has 0 radical (unpaired) electrons. The summed E-state index contributed by atoms with van der Waals surface area (Å²) in [6.07, 6.45) is 3.97. The fourth-order valence-electron chi connectivity index (χ4n) is 2.95. The van der Waals surface area contributed by atoms with Gasteiger partial charge in [0.1, 0.15) is 11.5 Å². The van der Waals surface area contributed by atoms with Gasteiger partial charge in [0.15, 0.2) is 0 Å². The van der Waals surface area contributed by atoms with Crippen molar-refractivity contribution in [3.8, 4) is 11.5 Å². The molecular weight excluding hydrogens is 352 g/mol. The van der Waals surface area contributed by atoms with E-state index in [1.165, 1.54) is 11.1 Å². The van der Waals surface area contributed by atoms with Gasteiger partial charge >= 0.3 is 11.9 Å². The van der Waals surface area contributed by atoms with Crippen LogP contribution in [0.4, 0.5) is 0 Å². The zero-order valence-electron chi connectivity index (χ0n) is 16.2. The Kier molecular flexibility index (Phi) is 7.52. The minimum absolute atomic E-state index is 0.481. The van der Waals surface area contributed by atoms with Crippen molar-refractivity contribution in [1.29, 1.82) is 0 Å². The van der Waals surface area contributed by atoms with Gasteiger partial charge in [-0.25, -0.2) is 9.59 Å². The largest absolute Gasteiger partial charge is 0.423 e. The number of carbonyl (C=O) groups is 2. The maximum atomic E-state index is 11.3. The average molecular weight is 376 g/mol. The Morgan fingerprint density at radius 3 is 1.29 bits per heavy atom. The number of allylic oxidation sites excluding steroid dienone is 2. The summed E-state index contributed by atoms with van der Waals surface area (Å²) in [7, 11) is 0. The molecule has 0 aliphatic rings. The lowest BCUT2D eigenvalue weighted by atomic mass is 9.91. The third kappa shape index (κ3) is 5.30. The Morgan fingerprint density at radius 1 is 0.714 bits per heavy atom. The molecule has 0 amide bonds. The monoisotopic (exact) mass is 376 g/mol. The molecule has 0 aliphatic heterocycles. The van der Waals surface area contributed by atoms with Crippen molar-refractivity contribution >= 4 is 23.1 Å². The zero-order valence-corrected chi connectivity index (χ0v) is 16.2. The molecule has 0 unspecified atom stereocenters. The topological polar surface area (TPSA) is 52.6 Å². The third-order valence-corrected chi connectivity index (χ3v) is 4.25. The number of hydrogen-bond acceptors (Lipinski definition) is 4. The molecule has 0 saturated heterocycles. The van der Waals surface area contributed by atoms with E-state index in [1.54, 1.807) is 24.3 Å². The molecule has 0 saturated carbocycles. The lowest BCUT2D eigenvalue weighted by Crippen LogP contribution is -2.03. The van der Waals surface area contributed by atoms with Crippen LogP contribution in [0.15, 0.2) is 73.8 Å². The van der Waals surface area contributed by atoms with Crippen molar-refractivity contribution in [3.63, 3.8) is 0 Å². The predicted octanol–water partition coefficient (Wildman–Crippen LogP) is 5.60. The van der Waals surface area contributed by atoms with E-state index in [1.807, 2.05) is 24.3 Å². The lowest BCUT2D eigenvalue weighted by molar-refractivity contribution is -0.129. The van der Waals surface area contributed by atoms with Crippen molar-refractivity contribution in [3.05, 3.63) is 85.0 Å². The van der Waals surface area contributed by atoms with E-state index < -0.39 is 11.9 Å². The van der Waals surface area contributed by atoms with Gasteiger partial charge in [-0.05, 0) is 59.4 Å². The number of benzene rings is 2. The summed E-state index contributed by atoms with van der Waals surface area (Å²) in [5, 5.41) is 0. The van der Waals surface area contributed by atoms with E-state index in [0.29, 0.717) is 11.5 Å². The number of rotatable bonds is 8. The molecule has 28 heavy (non-hydrogen) atoms. The second-order valence-electron chi connectivity index (χ2n) is 5.96. The first kappa shape index (κ1) is 20.9. The van der Waals surface area contributed by atoms with Crippen molar-refractivity contribution in [2.45, 2.75) is 26.7 Å². The van der Waals surface area contributed by atoms with Crippen LogP contribution in [0.1, 0.15) is 37.8 Å². The molecule has 2 rings (SSSR count). The van der Waals surface area contributed by atoms with Gasteiger partial charge in [-0.2, -0.15) is 0 Å². The smallest absolute Gasteiger partial charge is 0.335 e. The summed E-state index contributed by atoms with van der Waals surface area (Å²) in [6.45, 7) is 11.0. The zero-order chi connectivity index (χ0) is 20.5. The highest BCUT2D eigenvalue weighted by atomic mass is 16.5. The summed E-state index contributed by atoms with van der Waals surface area (Å²) >= 11 is 0. The van der Waals surface area contributed by atoms with Crippen LogP contribution >= 0.6 is 0 Å². The molecule has 2 aromatic carbocycles. The van der Waals surface area contributed by atoms with Gasteiger partial charge in [0, 0.05) is 12.2 Å². The van der Waals surface area contributed by atoms with Crippen molar-refractivity contribution in [2.24, 2.45) is 0 Å². The number of hydrogen-bond donors (Lipinski definition) is 0. The van der Waals surface area contributed by atoms with E-state index in [4.69, 9.17) is 9.47 Å². The normalized spacial score (nSPS) is 11.2. The van der Waals surface area contributed by atoms with Gasteiger partial charge in [0.05, 0.1) is 0 Å². The molecule has 0 heterocycles. The second-order valence-corrected chi connectivity index (χ2v) is 5.96. The Labute approximate surface area is 165 Å². The lowest BCUT2D eigenvalue weighted by Gasteiger charge is -2.15. The molecule has 144 valence electrons. The van der Waals surface area contributed by atoms with E-state index in [9.17, 15) is 9.59 Å². The molecule has 4 heteroatoms. The fourth-order valence-corrected chi connectivity index (χ4v) is 2.95. The molecule has 2 aromatic rings. The quantitative estimate of drug-likeness (QED) is 0.260. The molecule has 0 spiro atoms. The van der Waals surface area contributed by atoms with Crippen LogP contribution in [0.25, 0.3) is 11.1 Å². The highest BCUT2D eigenvalue weighted by Crippen LogP contribution is 2.33. The van der Waals surface area contributed by atoms with Gasteiger partial charge in [-0.3, -0.25) is 0 Å². The third-order valence-electron chi connectivity index (χ3n) is 4.25. The molecule has 0 aliphatic carbocycles. The van der Waals surface area contributed by atoms with E-state index in [0.717, 1.165) is 36.1 Å². The molecule has 0 fully saturated rings. The van der Waals surface area contributed by atoms with Gasteiger partial charge in [-0.15, -0.1) is 0 Å². The van der Waals surface area contributed by atoms with Crippen LogP contribution in [0.5, 0.6) is 11.5 Å². The first-order valence-corrected chi connectivity index (χ1v) is 9.13. The minimum Gasteiger partial charge on any atom is -0.423 e. The SMILES string of the molecule is C=CC(=O)Oc1ccc(C(CC)=C(CC)c2ccc(OC(=O)C=C)cc2)cc1.